The fourth-order valence-electron chi connectivity index (χ4n) is 1.84. The van der Waals surface area contributed by atoms with Crippen LogP contribution in [0.15, 0.2) is 44.3 Å². The number of nitrogens with two attached hydrogens (primary N) is 1. The topological polar surface area (TPSA) is 85.8 Å². The van der Waals surface area contributed by atoms with Crippen molar-refractivity contribution >= 4 is 31.6 Å². The molecule has 0 aliphatic rings. The number of sulfonamides is 1. The van der Waals surface area contributed by atoms with Crippen LogP contribution in [0.1, 0.15) is 5.76 Å². The van der Waals surface area contributed by atoms with Crippen LogP contribution in [0.2, 0.25) is 0 Å². The van der Waals surface area contributed by atoms with Gasteiger partial charge in [0.05, 0.1) is 19.3 Å². The molecule has 1 aromatic heterocycles. The molecule has 0 saturated carbocycles. The van der Waals surface area contributed by atoms with Crippen LogP contribution in [0.5, 0.6) is 5.75 Å². The van der Waals surface area contributed by atoms with Gasteiger partial charge in [0.25, 0.3) is 10.0 Å². The van der Waals surface area contributed by atoms with Crippen LogP contribution in [-0.4, -0.2) is 22.6 Å². The zero-order valence-corrected chi connectivity index (χ0v) is 13.9. The maximum absolute atomic E-state index is 12.7. The molecule has 0 radical (unpaired) electrons. The molecule has 0 saturated heterocycles. The van der Waals surface area contributed by atoms with Gasteiger partial charge in [0.1, 0.15) is 16.4 Å². The van der Waals surface area contributed by atoms with E-state index in [0.717, 1.165) is 4.31 Å². The molecule has 0 unspecified atom stereocenters. The number of rotatable bonds is 5. The van der Waals surface area contributed by atoms with E-state index in [9.17, 15) is 8.42 Å². The van der Waals surface area contributed by atoms with Crippen molar-refractivity contribution in [3.63, 3.8) is 0 Å². The molecule has 0 aliphatic carbocycles. The molecule has 2 N–H and O–H groups in total. The van der Waals surface area contributed by atoms with Crippen molar-refractivity contribution in [2.75, 3.05) is 18.5 Å². The third kappa shape index (κ3) is 2.92. The largest absolute Gasteiger partial charge is 0.495 e. The van der Waals surface area contributed by atoms with Gasteiger partial charge in [-0.25, -0.2) is 8.42 Å². The van der Waals surface area contributed by atoms with Gasteiger partial charge in [0.15, 0.2) is 4.67 Å². The number of benzene rings is 1. The first-order valence-electron chi connectivity index (χ1n) is 6.02. The molecule has 1 heterocycles. The zero-order valence-electron chi connectivity index (χ0n) is 11.5. The standard InChI is InChI=1S/C13H15BrN2O4S/c1-16(10-5-3-4-6-11(10)19-2)21(17,18)12-7-9(8-15)20-13(12)14/h3-7H,8,15H2,1-2H3. The number of nitrogens with zero attached hydrogens (tertiary/aromatic N) is 1. The quantitative estimate of drug-likeness (QED) is 0.867. The lowest BCUT2D eigenvalue weighted by Crippen LogP contribution is -2.26. The summed E-state index contributed by atoms with van der Waals surface area (Å²) in [6.07, 6.45) is 0. The minimum atomic E-state index is -3.79. The second-order valence-electron chi connectivity index (χ2n) is 4.20. The van der Waals surface area contributed by atoms with Gasteiger partial charge in [0.2, 0.25) is 0 Å². The number of ether oxygens (including phenoxy) is 1. The van der Waals surface area contributed by atoms with Crippen LogP contribution >= 0.6 is 15.9 Å². The lowest BCUT2D eigenvalue weighted by Gasteiger charge is -2.20. The second-order valence-corrected chi connectivity index (χ2v) is 6.86. The average Bonchev–Trinajstić information content (AvgIpc) is 2.88. The highest BCUT2D eigenvalue weighted by Crippen LogP contribution is 2.34. The number of halogens is 1. The number of furan rings is 1. The van der Waals surface area contributed by atoms with E-state index in [2.05, 4.69) is 15.9 Å². The van der Waals surface area contributed by atoms with E-state index in [0.29, 0.717) is 17.2 Å². The van der Waals surface area contributed by atoms with Crippen molar-refractivity contribution in [2.45, 2.75) is 11.4 Å². The maximum atomic E-state index is 12.7. The average molecular weight is 375 g/mol. The Kier molecular flexibility index (Phi) is 4.60. The summed E-state index contributed by atoms with van der Waals surface area (Å²) in [7, 11) is -0.849. The molecule has 2 rings (SSSR count). The minimum Gasteiger partial charge on any atom is -0.495 e. The Morgan fingerprint density at radius 3 is 2.62 bits per heavy atom. The first kappa shape index (κ1) is 15.9. The molecule has 8 heteroatoms. The molecule has 114 valence electrons. The van der Waals surface area contributed by atoms with E-state index >= 15 is 0 Å². The van der Waals surface area contributed by atoms with Gasteiger partial charge in [-0.2, -0.15) is 0 Å². The molecule has 0 atom stereocenters. The normalized spacial score (nSPS) is 11.4. The van der Waals surface area contributed by atoms with Gasteiger partial charge in [-0.05, 0) is 28.1 Å². The Labute approximate surface area is 131 Å². The third-order valence-electron chi connectivity index (χ3n) is 2.97. The van der Waals surface area contributed by atoms with Crippen LogP contribution in [-0.2, 0) is 16.6 Å². The molecule has 21 heavy (non-hydrogen) atoms. The molecule has 2 aromatic rings. The predicted molar refractivity (Wildman–Crippen MR) is 82.9 cm³/mol. The molecule has 0 spiro atoms. The van der Waals surface area contributed by atoms with Gasteiger partial charge in [0, 0.05) is 13.1 Å². The summed E-state index contributed by atoms with van der Waals surface area (Å²) < 4.78 is 37.1. The monoisotopic (exact) mass is 374 g/mol. The van der Waals surface area contributed by atoms with Crippen molar-refractivity contribution in [3.05, 3.63) is 40.8 Å². The minimum absolute atomic E-state index is 0.0244. The summed E-state index contributed by atoms with van der Waals surface area (Å²) in [6.45, 7) is 0.118. The van der Waals surface area contributed by atoms with Crippen LogP contribution in [0.4, 0.5) is 5.69 Å². The number of hydrogen-bond acceptors (Lipinski definition) is 5. The predicted octanol–water partition coefficient (Wildman–Crippen LogP) is 2.33. The van der Waals surface area contributed by atoms with Gasteiger partial charge >= 0.3 is 0 Å². The number of anilines is 1. The molecule has 0 fully saturated rings. The molecule has 0 aliphatic heterocycles. The van der Waals surface area contributed by atoms with E-state index in [-0.39, 0.29) is 16.1 Å². The van der Waals surface area contributed by atoms with Crippen molar-refractivity contribution in [3.8, 4) is 5.75 Å². The molecule has 0 bridgehead atoms. The molecule has 0 amide bonds. The fourth-order valence-corrected chi connectivity index (χ4v) is 4.01. The van der Waals surface area contributed by atoms with E-state index in [4.69, 9.17) is 14.9 Å². The molecular weight excluding hydrogens is 360 g/mol. The smallest absolute Gasteiger partial charge is 0.268 e. The summed E-state index contributed by atoms with van der Waals surface area (Å²) in [6, 6.07) is 8.26. The second kappa shape index (κ2) is 6.08. The fraction of sp³-hybridized carbons (Fsp3) is 0.231. The van der Waals surface area contributed by atoms with Crippen LogP contribution in [0.25, 0.3) is 0 Å². The SMILES string of the molecule is COc1ccccc1N(C)S(=O)(=O)c1cc(CN)oc1Br. The Morgan fingerprint density at radius 1 is 1.38 bits per heavy atom. The number of para-hydroxylation sites is 2. The highest BCUT2D eigenvalue weighted by Gasteiger charge is 2.28. The van der Waals surface area contributed by atoms with Crippen LogP contribution < -0.4 is 14.8 Å². The van der Waals surface area contributed by atoms with E-state index in [1.54, 1.807) is 24.3 Å². The molecule has 1 aromatic carbocycles. The molecular formula is C13H15BrN2O4S. The maximum Gasteiger partial charge on any atom is 0.268 e. The first-order chi connectivity index (χ1) is 9.91. The summed E-state index contributed by atoms with van der Waals surface area (Å²) in [5, 5.41) is 0. The van der Waals surface area contributed by atoms with E-state index < -0.39 is 10.0 Å². The number of hydrogen-bond donors (Lipinski definition) is 1. The highest BCUT2D eigenvalue weighted by atomic mass is 79.9. The summed E-state index contributed by atoms with van der Waals surface area (Å²) in [5.74, 6) is 0.844. The van der Waals surface area contributed by atoms with Gasteiger partial charge in [-0.15, -0.1) is 0 Å². The Hall–Kier alpha value is -1.51. The van der Waals surface area contributed by atoms with Gasteiger partial charge in [-0.3, -0.25) is 4.31 Å². The summed E-state index contributed by atoms with van der Waals surface area (Å²) >= 11 is 3.11. The van der Waals surface area contributed by atoms with Gasteiger partial charge < -0.3 is 14.9 Å². The highest BCUT2D eigenvalue weighted by molar-refractivity contribution is 9.10. The van der Waals surface area contributed by atoms with Crippen molar-refractivity contribution in [1.82, 2.24) is 0 Å². The van der Waals surface area contributed by atoms with E-state index in [1.807, 2.05) is 0 Å². The lowest BCUT2D eigenvalue weighted by molar-refractivity contribution is 0.416. The molecule has 6 nitrogen and oxygen atoms in total. The summed E-state index contributed by atoms with van der Waals surface area (Å²) in [4.78, 5) is 0.0244. The Morgan fingerprint density at radius 2 is 2.05 bits per heavy atom. The zero-order chi connectivity index (χ0) is 15.6. The first-order valence-corrected chi connectivity index (χ1v) is 8.25. The van der Waals surface area contributed by atoms with Gasteiger partial charge in [-0.1, -0.05) is 12.1 Å². The number of methoxy groups -OCH3 is 1. The van der Waals surface area contributed by atoms with Crippen molar-refractivity contribution in [1.29, 1.82) is 0 Å². The third-order valence-corrected chi connectivity index (χ3v) is 5.60. The lowest BCUT2D eigenvalue weighted by atomic mass is 10.3. The van der Waals surface area contributed by atoms with Crippen molar-refractivity contribution < 1.29 is 17.6 Å². The van der Waals surface area contributed by atoms with Crippen LogP contribution in [0, 0.1) is 0 Å². The Balaban J connectivity index is 2.50. The van der Waals surface area contributed by atoms with Crippen molar-refractivity contribution in [2.24, 2.45) is 5.73 Å². The van der Waals surface area contributed by atoms with E-state index in [1.165, 1.54) is 20.2 Å². The Bertz CT molecular complexity index is 742. The summed E-state index contributed by atoms with van der Waals surface area (Å²) in [5.41, 5.74) is 5.90. The van der Waals surface area contributed by atoms with Crippen LogP contribution in [0.3, 0.4) is 0 Å².